The summed E-state index contributed by atoms with van der Waals surface area (Å²) < 4.78 is 1.98. The average molecular weight is 503 g/mol. The molecule has 0 aliphatic carbocycles. The first-order valence-corrected chi connectivity index (χ1v) is 11.1. The minimum absolute atomic E-state index is 0. The first-order chi connectivity index (χ1) is 13.9. The zero-order valence-corrected chi connectivity index (χ0v) is 23.3. The smallest absolute Gasteiger partial charge is 1.00 e. The minimum atomic E-state index is -1.16. The molecule has 0 unspecified atom stereocenters. The summed E-state index contributed by atoms with van der Waals surface area (Å²) in [5.41, 5.74) is 0.627. The van der Waals surface area contributed by atoms with Crippen molar-refractivity contribution in [3.8, 4) is 0 Å². The van der Waals surface area contributed by atoms with Crippen LogP contribution in [-0.4, -0.2) is 81.1 Å². The number of aliphatic carboxylic acids is 1. The van der Waals surface area contributed by atoms with Crippen LogP contribution in [0.1, 0.15) is 7.86 Å². The predicted octanol–water partition coefficient (Wildman–Crippen LogP) is -6.40. The van der Waals surface area contributed by atoms with E-state index in [1.165, 1.54) is 50.8 Å². The number of thioether (sulfide) groups is 2. The summed E-state index contributed by atoms with van der Waals surface area (Å²) >= 11 is 4.24. The van der Waals surface area contributed by atoms with Crippen molar-refractivity contribution in [2.45, 2.75) is 29.2 Å². The maximum atomic E-state index is 12.6. The summed E-state index contributed by atoms with van der Waals surface area (Å²) in [5, 5.41) is 31.1. The van der Waals surface area contributed by atoms with Crippen LogP contribution in [0.4, 0.5) is 0 Å². The quantitative estimate of drug-likeness (QED) is 0.211. The van der Waals surface area contributed by atoms with Gasteiger partial charge in [0.1, 0.15) is 35.0 Å². The van der Waals surface area contributed by atoms with E-state index < -0.39 is 29.2 Å². The van der Waals surface area contributed by atoms with Crippen LogP contribution in [0, 0.1) is 6.92 Å². The number of hydrogen-bond acceptors (Lipinski definition) is 11. The van der Waals surface area contributed by atoms with Crippen LogP contribution >= 0.6 is 34.9 Å². The van der Waals surface area contributed by atoms with Crippen molar-refractivity contribution in [1.82, 2.24) is 40.6 Å². The van der Waals surface area contributed by atoms with Crippen molar-refractivity contribution < 1.29 is 81.5 Å². The van der Waals surface area contributed by atoms with Crippen molar-refractivity contribution >= 4 is 52.6 Å². The van der Waals surface area contributed by atoms with E-state index in [1.54, 1.807) is 0 Å². The Kier molecular flexibility index (Phi) is 9.97. The monoisotopic (exact) mass is 502 g/mol. The number of amides is 2. The number of carboxylic acid groups (broad SMARTS) is 1. The molecule has 2 aliphatic rings. The number of hydrogen-bond donors (Lipinski definition) is 2. The Hall–Kier alpha value is -0.520. The molecular formula is C14H16N8Na2O4S3. The molecule has 4 heterocycles. The molecule has 17 heteroatoms. The molecule has 1 fully saturated rings. The second-order valence-corrected chi connectivity index (χ2v) is 9.60. The molecule has 2 amide bonds. The van der Waals surface area contributed by atoms with Gasteiger partial charge in [0.15, 0.2) is 4.34 Å². The number of carbonyl (C=O) groups is 3. The normalized spacial score (nSPS) is 19.6. The average Bonchev–Trinajstić information content (AvgIpc) is 3.35. The number of nitrogens with zero attached hydrogens (tertiary/aromatic N) is 7. The topological polar surface area (TPSA) is 156 Å². The number of tetrazole rings is 1. The molecule has 2 aliphatic heterocycles. The molecule has 0 saturated carbocycles. The van der Waals surface area contributed by atoms with Crippen LogP contribution < -0.4 is 64.4 Å². The van der Waals surface area contributed by atoms with Crippen LogP contribution in [0.3, 0.4) is 0 Å². The number of carbonyl (C=O) groups excluding carboxylic acids is 2. The van der Waals surface area contributed by atoms with Gasteiger partial charge in [0.05, 0.1) is 0 Å². The van der Waals surface area contributed by atoms with E-state index in [0.717, 1.165) is 9.35 Å². The number of rotatable bonds is 7. The second-order valence-electron chi connectivity index (χ2n) is 6.10. The fourth-order valence-corrected chi connectivity index (χ4v) is 6.20. The van der Waals surface area contributed by atoms with Gasteiger partial charge in [0.2, 0.25) is 5.91 Å². The Morgan fingerprint density at radius 1 is 1.39 bits per heavy atom. The maximum Gasteiger partial charge on any atom is 1.00 e. The molecule has 2 atom stereocenters. The maximum absolute atomic E-state index is 12.6. The summed E-state index contributed by atoms with van der Waals surface area (Å²) in [6, 6.07) is -0.779. The van der Waals surface area contributed by atoms with Gasteiger partial charge in [0, 0.05) is 11.5 Å². The molecule has 0 spiro atoms. The van der Waals surface area contributed by atoms with Gasteiger partial charge >= 0.3 is 65.1 Å². The standard InChI is InChI=1S/C14H14N8O4S3.2Na.2H/c1-6-17-18-14(29-6)28-4-7-3-27-12-9(11(24)22(12)10(7)13(25)26)16-8(23)2-21-5-15-19-20-21;;;;/h5,9,12H,2-4H2,1H3,(H,16,23)(H,25,26);;;;/q;2*+1;2*-1/t9-,12-;;;;/m1..../s1. The van der Waals surface area contributed by atoms with E-state index in [2.05, 4.69) is 31.0 Å². The van der Waals surface area contributed by atoms with E-state index in [-0.39, 0.29) is 74.2 Å². The summed E-state index contributed by atoms with van der Waals surface area (Å²) in [5.74, 6) is -1.19. The largest absolute Gasteiger partial charge is 1.00 e. The SMILES string of the molecule is Cc1nnc(SCC2=C(C(=O)O)N3C(=O)[C@@H](NC(=O)Cn4cnnn4)[C@H]3SC2)s1.[H-].[H-].[Na+].[Na+]. The number of aromatic nitrogens is 6. The van der Waals surface area contributed by atoms with Crippen molar-refractivity contribution in [2.75, 3.05) is 11.5 Å². The van der Waals surface area contributed by atoms with Gasteiger partial charge in [-0.05, 0) is 22.9 Å². The molecule has 0 bridgehead atoms. The van der Waals surface area contributed by atoms with Gasteiger partial charge in [0.25, 0.3) is 5.91 Å². The second kappa shape index (κ2) is 11.6. The molecule has 12 nitrogen and oxygen atoms in total. The Bertz CT molecular complexity index is 1010. The molecule has 156 valence electrons. The third-order valence-electron chi connectivity index (χ3n) is 4.14. The van der Waals surface area contributed by atoms with Crippen LogP contribution in [0.15, 0.2) is 21.9 Å². The number of β-lactam (4-membered cyclic amide) rings is 1. The number of aryl methyl sites for hydroxylation is 1. The molecule has 0 radical (unpaired) electrons. The van der Waals surface area contributed by atoms with Gasteiger partial charge in [-0.3, -0.25) is 14.5 Å². The molecule has 1 saturated heterocycles. The van der Waals surface area contributed by atoms with Gasteiger partial charge in [-0.25, -0.2) is 9.48 Å². The molecule has 2 N–H and O–H groups in total. The molecule has 2 aromatic heterocycles. The van der Waals surface area contributed by atoms with E-state index >= 15 is 0 Å². The Morgan fingerprint density at radius 2 is 2.16 bits per heavy atom. The van der Waals surface area contributed by atoms with Crippen LogP contribution in [0.25, 0.3) is 0 Å². The summed E-state index contributed by atoms with van der Waals surface area (Å²) in [6.07, 6.45) is 1.29. The summed E-state index contributed by atoms with van der Waals surface area (Å²) in [4.78, 5) is 37.8. The van der Waals surface area contributed by atoms with Crippen LogP contribution in [-0.2, 0) is 20.9 Å². The van der Waals surface area contributed by atoms with Crippen molar-refractivity contribution in [3.05, 3.63) is 22.6 Å². The van der Waals surface area contributed by atoms with Crippen molar-refractivity contribution in [3.63, 3.8) is 0 Å². The Labute approximate surface area is 235 Å². The fraction of sp³-hybridized carbons (Fsp3) is 0.429. The molecular weight excluding hydrogens is 486 g/mol. The van der Waals surface area contributed by atoms with Crippen molar-refractivity contribution in [2.24, 2.45) is 0 Å². The predicted molar refractivity (Wildman–Crippen MR) is 105 cm³/mol. The Morgan fingerprint density at radius 3 is 2.77 bits per heavy atom. The number of fused-ring (bicyclic) bond motifs is 1. The molecule has 31 heavy (non-hydrogen) atoms. The third kappa shape index (κ3) is 5.89. The number of nitrogens with one attached hydrogen (secondary N) is 1. The summed E-state index contributed by atoms with van der Waals surface area (Å²) in [6.45, 7) is 1.72. The first-order valence-electron chi connectivity index (χ1n) is 8.27. The van der Waals surface area contributed by atoms with E-state index in [9.17, 15) is 19.5 Å². The van der Waals surface area contributed by atoms with Crippen LogP contribution in [0.2, 0.25) is 0 Å². The third-order valence-corrected chi connectivity index (χ3v) is 7.54. The minimum Gasteiger partial charge on any atom is -1.00 e. The van der Waals surface area contributed by atoms with E-state index in [0.29, 0.717) is 17.1 Å². The molecule has 0 aromatic carbocycles. The van der Waals surface area contributed by atoms with Gasteiger partial charge in [-0.15, -0.1) is 27.1 Å². The van der Waals surface area contributed by atoms with E-state index in [1.807, 2.05) is 6.92 Å². The molecule has 2 aromatic rings. The summed E-state index contributed by atoms with van der Waals surface area (Å²) in [7, 11) is 0. The first kappa shape index (κ1) is 26.7. The zero-order chi connectivity index (χ0) is 20.5. The number of carboxylic acids is 1. The fourth-order valence-electron chi connectivity index (χ4n) is 2.90. The van der Waals surface area contributed by atoms with Gasteiger partial charge in [-0.1, -0.05) is 23.1 Å². The Balaban J connectivity index is 0.00000256. The van der Waals surface area contributed by atoms with E-state index in [4.69, 9.17) is 0 Å². The van der Waals surface area contributed by atoms with Gasteiger partial charge < -0.3 is 13.3 Å². The van der Waals surface area contributed by atoms with Crippen LogP contribution in [0.5, 0.6) is 0 Å². The van der Waals surface area contributed by atoms with Gasteiger partial charge in [-0.2, -0.15) is 0 Å². The van der Waals surface area contributed by atoms with Crippen molar-refractivity contribution in [1.29, 1.82) is 0 Å². The molecule has 4 rings (SSSR count). The zero-order valence-electron chi connectivity index (χ0n) is 18.9.